The molecule has 0 aliphatic rings. The average molecular weight is 431 g/mol. The topological polar surface area (TPSA) is 49.4 Å². The maximum Gasteiger partial charge on any atom is 0.242 e. The third kappa shape index (κ3) is 7.82. The Bertz CT molecular complexity index is 797. The smallest absolute Gasteiger partial charge is 0.242 e. The minimum atomic E-state index is -0.491. The Kier molecular flexibility index (Phi) is 9.87. The molecular weight excluding hydrogens is 399 g/mol. The fraction of sp³-hybridized carbons (Fsp3) is 0.417. The molecule has 2 amide bonds. The van der Waals surface area contributed by atoms with Crippen LogP contribution in [0.2, 0.25) is 0 Å². The van der Waals surface area contributed by atoms with Crippen molar-refractivity contribution in [1.29, 1.82) is 0 Å². The Morgan fingerprint density at radius 2 is 1.70 bits per heavy atom. The third-order valence-electron chi connectivity index (χ3n) is 4.71. The Balaban J connectivity index is 2.04. The molecule has 2 aromatic carbocycles. The lowest BCUT2D eigenvalue weighted by molar-refractivity contribution is -0.139. The van der Waals surface area contributed by atoms with Gasteiger partial charge in [-0.1, -0.05) is 49.4 Å². The first-order chi connectivity index (χ1) is 14.4. The van der Waals surface area contributed by atoms with Crippen molar-refractivity contribution in [1.82, 2.24) is 10.2 Å². The molecule has 0 aliphatic carbocycles. The maximum atomic E-state index is 13.1. The summed E-state index contributed by atoms with van der Waals surface area (Å²) in [5, 5.41) is 2.94. The number of hydrogen-bond donors (Lipinski definition) is 1. The van der Waals surface area contributed by atoms with E-state index in [2.05, 4.69) is 5.32 Å². The van der Waals surface area contributed by atoms with E-state index in [0.29, 0.717) is 25.1 Å². The van der Waals surface area contributed by atoms with Crippen LogP contribution in [-0.2, 0) is 21.8 Å². The van der Waals surface area contributed by atoms with Crippen LogP contribution in [0.3, 0.4) is 0 Å². The molecule has 0 aliphatic heterocycles. The first-order valence-electron chi connectivity index (χ1n) is 10.4. The summed E-state index contributed by atoms with van der Waals surface area (Å²) in [6, 6.07) is 15.8. The van der Waals surface area contributed by atoms with Gasteiger partial charge in [-0.05, 0) is 49.9 Å². The van der Waals surface area contributed by atoms with E-state index in [1.165, 1.54) is 23.9 Å². The Labute approximate surface area is 183 Å². The molecule has 0 heterocycles. The number of nitrogens with zero attached hydrogens (tertiary/aromatic N) is 1. The van der Waals surface area contributed by atoms with E-state index >= 15 is 0 Å². The van der Waals surface area contributed by atoms with Crippen LogP contribution in [0.25, 0.3) is 0 Å². The SMILES string of the molecule is CC[C@H](C(=O)NC(C)C)N(CCc1ccccc1)C(=O)CSCc1ccc(F)cc1. The zero-order chi connectivity index (χ0) is 21.9. The van der Waals surface area contributed by atoms with Crippen LogP contribution < -0.4 is 5.32 Å². The third-order valence-corrected chi connectivity index (χ3v) is 5.70. The van der Waals surface area contributed by atoms with Gasteiger partial charge in [0.1, 0.15) is 11.9 Å². The van der Waals surface area contributed by atoms with Crippen LogP contribution in [0.5, 0.6) is 0 Å². The molecule has 0 aromatic heterocycles. The van der Waals surface area contributed by atoms with Crippen LogP contribution in [0.15, 0.2) is 54.6 Å². The van der Waals surface area contributed by atoms with Gasteiger partial charge in [0, 0.05) is 18.3 Å². The molecule has 0 saturated carbocycles. The molecule has 4 nitrogen and oxygen atoms in total. The van der Waals surface area contributed by atoms with E-state index in [9.17, 15) is 14.0 Å². The summed E-state index contributed by atoms with van der Waals surface area (Å²) in [7, 11) is 0. The fourth-order valence-corrected chi connectivity index (χ4v) is 4.07. The minimum Gasteiger partial charge on any atom is -0.352 e. The number of carbonyl (C=O) groups excluding carboxylic acids is 2. The number of nitrogens with one attached hydrogen (secondary N) is 1. The zero-order valence-corrected chi connectivity index (χ0v) is 18.8. The number of thioether (sulfide) groups is 1. The van der Waals surface area contributed by atoms with Gasteiger partial charge in [0.2, 0.25) is 11.8 Å². The number of halogens is 1. The number of carbonyl (C=O) groups is 2. The predicted molar refractivity (Wildman–Crippen MR) is 122 cm³/mol. The van der Waals surface area contributed by atoms with Crippen LogP contribution in [0.4, 0.5) is 4.39 Å². The highest BCUT2D eigenvalue weighted by Gasteiger charge is 2.28. The van der Waals surface area contributed by atoms with Crippen molar-refractivity contribution in [3.05, 3.63) is 71.5 Å². The normalized spacial score (nSPS) is 11.9. The standard InChI is InChI=1S/C24H31FN2O2S/c1-4-22(24(29)26-18(2)3)27(15-14-19-8-6-5-7-9-19)23(28)17-30-16-20-10-12-21(25)13-11-20/h5-13,18,22H,4,14-17H2,1-3H3,(H,26,29)/t22-/m1/s1. The summed E-state index contributed by atoms with van der Waals surface area (Å²) in [4.78, 5) is 27.5. The molecule has 6 heteroatoms. The second kappa shape index (κ2) is 12.4. The molecule has 1 N–H and O–H groups in total. The van der Waals surface area contributed by atoms with Crippen LogP contribution in [-0.4, -0.2) is 41.1 Å². The number of benzene rings is 2. The van der Waals surface area contributed by atoms with Gasteiger partial charge in [-0.2, -0.15) is 0 Å². The molecule has 2 aromatic rings. The van der Waals surface area contributed by atoms with E-state index < -0.39 is 6.04 Å². The van der Waals surface area contributed by atoms with E-state index in [1.54, 1.807) is 17.0 Å². The molecule has 0 spiro atoms. The second-order valence-corrected chi connectivity index (χ2v) is 8.51. The van der Waals surface area contributed by atoms with Crippen molar-refractivity contribution in [3.63, 3.8) is 0 Å². The summed E-state index contributed by atoms with van der Waals surface area (Å²) in [5.74, 6) is 0.459. The summed E-state index contributed by atoms with van der Waals surface area (Å²) >= 11 is 1.48. The Morgan fingerprint density at radius 1 is 1.03 bits per heavy atom. The van der Waals surface area contributed by atoms with Crippen molar-refractivity contribution < 1.29 is 14.0 Å². The highest BCUT2D eigenvalue weighted by molar-refractivity contribution is 7.99. The zero-order valence-electron chi connectivity index (χ0n) is 17.9. The molecular formula is C24H31FN2O2S. The predicted octanol–water partition coefficient (Wildman–Crippen LogP) is 4.43. The van der Waals surface area contributed by atoms with Crippen molar-refractivity contribution >= 4 is 23.6 Å². The minimum absolute atomic E-state index is 0.0190. The van der Waals surface area contributed by atoms with Gasteiger partial charge < -0.3 is 10.2 Å². The van der Waals surface area contributed by atoms with Gasteiger partial charge >= 0.3 is 0 Å². The summed E-state index contributed by atoms with van der Waals surface area (Å²) in [5.41, 5.74) is 2.10. The largest absolute Gasteiger partial charge is 0.352 e. The highest BCUT2D eigenvalue weighted by Crippen LogP contribution is 2.16. The summed E-state index contributed by atoms with van der Waals surface area (Å²) in [6.45, 7) is 6.25. The molecule has 0 saturated heterocycles. The van der Waals surface area contributed by atoms with E-state index in [1.807, 2.05) is 51.1 Å². The average Bonchev–Trinajstić information content (AvgIpc) is 2.72. The lowest BCUT2D eigenvalue weighted by atomic mass is 10.1. The fourth-order valence-electron chi connectivity index (χ4n) is 3.20. The van der Waals surface area contributed by atoms with Crippen molar-refractivity contribution in [3.8, 4) is 0 Å². The first-order valence-corrected chi connectivity index (χ1v) is 11.5. The van der Waals surface area contributed by atoms with Crippen LogP contribution in [0.1, 0.15) is 38.3 Å². The molecule has 1 atom stereocenters. The number of hydrogen-bond acceptors (Lipinski definition) is 3. The Hall–Kier alpha value is -2.34. The second-order valence-electron chi connectivity index (χ2n) is 7.53. The van der Waals surface area contributed by atoms with Gasteiger partial charge in [-0.25, -0.2) is 4.39 Å². The van der Waals surface area contributed by atoms with Gasteiger partial charge in [0.15, 0.2) is 0 Å². The molecule has 30 heavy (non-hydrogen) atoms. The molecule has 0 radical (unpaired) electrons. The number of rotatable bonds is 11. The van der Waals surface area contributed by atoms with E-state index in [0.717, 1.165) is 11.1 Å². The van der Waals surface area contributed by atoms with Gasteiger partial charge in [-0.15, -0.1) is 11.8 Å². The lowest BCUT2D eigenvalue weighted by Crippen LogP contribution is -2.51. The summed E-state index contributed by atoms with van der Waals surface area (Å²) < 4.78 is 13.1. The molecule has 0 unspecified atom stereocenters. The van der Waals surface area contributed by atoms with E-state index in [-0.39, 0.29) is 29.4 Å². The first kappa shape index (κ1) is 23.9. The van der Waals surface area contributed by atoms with Crippen molar-refractivity contribution in [2.75, 3.05) is 12.3 Å². The lowest BCUT2D eigenvalue weighted by Gasteiger charge is -2.31. The van der Waals surface area contributed by atoms with Crippen LogP contribution >= 0.6 is 11.8 Å². The highest BCUT2D eigenvalue weighted by atomic mass is 32.2. The molecule has 162 valence electrons. The quantitative estimate of drug-likeness (QED) is 0.574. The van der Waals surface area contributed by atoms with Gasteiger partial charge in [-0.3, -0.25) is 9.59 Å². The molecule has 0 bridgehead atoms. The number of amides is 2. The monoisotopic (exact) mass is 430 g/mol. The van der Waals surface area contributed by atoms with Crippen molar-refractivity contribution in [2.24, 2.45) is 0 Å². The van der Waals surface area contributed by atoms with Crippen molar-refractivity contribution in [2.45, 2.75) is 51.4 Å². The summed E-state index contributed by atoms with van der Waals surface area (Å²) in [6.07, 6.45) is 1.25. The van der Waals surface area contributed by atoms with Gasteiger partial charge in [0.25, 0.3) is 0 Å². The maximum absolute atomic E-state index is 13.1. The van der Waals surface area contributed by atoms with Crippen LogP contribution in [0, 0.1) is 5.82 Å². The molecule has 2 rings (SSSR count). The van der Waals surface area contributed by atoms with E-state index in [4.69, 9.17) is 0 Å². The van der Waals surface area contributed by atoms with Gasteiger partial charge in [0.05, 0.1) is 5.75 Å². The molecule has 0 fully saturated rings. The Morgan fingerprint density at radius 3 is 2.30 bits per heavy atom.